The van der Waals surface area contributed by atoms with E-state index >= 15 is 0 Å². The average Bonchev–Trinajstić information content (AvgIpc) is 3.36. The lowest BCUT2D eigenvalue weighted by molar-refractivity contribution is 0.770. The largest absolute Gasteiger partial charge is 0.340 e. The lowest BCUT2D eigenvalue weighted by atomic mass is 9.93. The molecular weight excluding hydrogens is 392 g/mol. The molecule has 2 aromatic heterocycles. The molecule has 0 spiro atoms. The maximum atomic E-state index is 4.46. The molecule has 0 amide bonds. The Morgan fingerprint density at radius 3 is 1.66 bits per heavy atom. The summed E-state index contributed by atoms with van der Waals surface area (Å²) in [6.07, 6.45) is 5.89. The fourth-order valence-electron chi connectivity index (χ4n) is 4.22. The van der Waals surface area contributed by atoms with Crippen LogP contribution in [0, 0.1) is 13.8 Å². The lowest BCUT2D eigenvalue weighted by Crippen LogP contribution is -1.95. The van der Waals surface area contributed by atoms with Crippen LogP contribution in [0.5, 0.6) is 0 Å². The molecule has 168 valence electrons. The highest BCUT2D eigenvalue weighted by molar-refractivity contribution is 5.65. The maximum Gasteiger partial charge on any atom is 0.0951 e. The highest BCUT2D eigenvalue weighted by atomic mass is 15.2. The van der Waals surface area contributed by atoms with Crippen LogP contribution in [0.2, 0.25) is 0 Å². The van der Waals surface area contributed by atoms with Gasteiger partial charge in [-0.3, -0.25) is 4.68 Å². The summed E-state index contributed by atoms with van der Waals surface area (Å²) in [7, 11) is 3.95. The maximum absolute atomic E-state index is 4.46. The molecule has 4 rings (SSSR count). The van der Waals surface area contributed by atoms with Crippen LogP contribution in [0.25, 0.3) is 22.5 Å². The van der Waals surface area contributed by atoms with E-state index in [0.717, 1.165) is 11.4 Å². The predicted octanol–water partition coefficient (Wildman–Crippen LogP) is 7.04. The number of nitrogens with zero attached hydrogens (tertiary/aromatic N) is 4. The molecule has 0 atom stereocenters. The van der Waals surface area contributed by atoms with Crippen LogP contribution < -0.4 is 0 Å². The molecule has 0 aliphatic rings. The molecule has 0 N–H and O–H groups in total. The Morgan fingerprint density at radius 1 is 0.719 bits per heavy atom. The lowest BCUT2D eigenvalue weighted by Gasteiger charge is -2.12. The average molecular weight is 429 g/mol. The molecule has 4 aromatic rings. The molecule has 0 saturated heterocycles. The van der Waals surface area contributed by atoms with Gasteiger partial charge in [0.15, 0.2) is 0 Å². The number of aryl methyl sites for hydroxylation is 2. The van der Waals surface area contributed by atoms with Gasteiger partial charge in [-0.25, -0.2) is 4.98 Å². The highest BCUT2D eigenvalue weighted by Gasteiger charge is 2.11. The molecule has 32 heavy (non-hydrogen) atoms. The third-order valence-corrected chi connectivity index (χ3v) is 5.97. The molecule has 0 fully saturated rings. The second-order valence-electron chi connectivity index (χ2n) is 9.15. The molecule has 4 heteroatoms. The Morgan fingerprint density at radius 2 is 1.25 bits per heavy atom. The van der Waals surface area contributed by atoms with Crippen molar-refractivity contribution in [1.29, 1.82) is 0 Å². The van der Waals surface area contributed by atoms with E-state index in [-0.39, 0.29) is 0 Å². The summed E-state index contributed by atoms with van der Waals surface area (Å²) in [4.78, 5) is 4.41. The molecule has 2 aromatic carbocycles. The van der Waals surface area contributed by atoms with Gasteiger partial charge < -0.3 is 4.57 Å². The standard InChI is InChI=1S/2C14H18N2/c1-10(2)12-6-5-7-13(11(12)3)14-8-16(4)9-15-14;1-10(2)12-6-5-7-13(11(12)3)14-8-9-16(4)15-14/h2*5-10H,1-4H3. The van der Waals surface area contributed by atoms with Gasteiger partial charge in [0.1, 0.15) is 0 Å². The molecule has 2 heterocycles. The van der Waals surface area contributed by atoms with Crippen LogP contribution in [0.1, 0.15) is 61.8 Å². The summed E-state index contributed by atoms with van der Waals surface area (Å²) in [5.74, 6) is 1.12. The Balaban J connectivity index is 0.000000181. The van der Waals surface area contributed by atoms with E-state index in [1.165, 1.54) is 33.4 Å². The van der Waals surface area contributed by atoms with E-state index in [9.17, 15) is 0 Å². The van der Waals surface area contributed by atoms with Gasteiger partial charge in [0, 0.05) is 37.6 Å². The molecule has 0 bridgehead atoms. The first-order valence-electron chi connectivity index (χ1n) is 11.4. The van der Waals surface area contributed by atoms with Crippen LogP contribution in [-0.2, 0) is 14.1 Å². The van der Waals surface area contributed by atoms with Crippen molar-refractivity contribution in [3.05, 3.63) is 83.4 Å². The van der Waals surface area contributed by atoms with Crippen molar-refractivity contribution in [3.63, 3.8) is 0 Å². The van der Waals surface area contributed by atoms with Gasteiger partial charge in [0.05, 0.1) is 17.7 Å². The third kappa shape index (κ3) is 5.18. The van der Waals surface area contributed by atoms with Gasteiger partial charge in [0.2, 0.25) is 0 Å². The quantitative estimate of drug-likeness (QED) is 0.349. The molecule has 0 aliphatic heterocycles. The van der Waals surface area contributed by atoms with Crippen molar-refractivity contribution in [2.75, 3.05) is 0 Å². The number of imidazole rings is 1. The summed E-state index contributed by atoms with van der Waals surface area (Å²) >= 11 is 0. The van der Waals surface area contributed by atoms with E-state index in [4.69, 9.17) is 0 Å². The SMILES string of the molecule is Cc1c(-c2ccn(C)n2)cccc1C(C)C.Cc1c(-c2cn(C)cn2)cccc1C(C)C. The van der Waals surface area contributed by atoms with Crippen molar-refractivity contribution in [2.24, 2.45) is 14.1 Å². The minimum absolute atomic E-state index is 0.559. The number of aromatic nitrogens is 4. The van der Waals surface area contributed by atoms with E-state index in [1.807, 2.05) is 35.9 Å². The minimum atomic E-state index is 0.559. The molecule has 0 unspecified atom stereocenters. The second-order valence-corrected chi connectivity index (χ2v) is 9.15. The summed E-state index contributed by atoms with van der Waals surface area (Å²) < 4.78 is 3.83. The summed E-state index contributed by atoms with van der Waals surface area (Å²) in [5, 5.41) is 4.46. The van der Waals surface area contributed by atoms with Crippen LogP contribution >= 0.6 is 0 Å². The first-order valence-corrected chi connectivity index (χ1v) is 11.4. The number of rotatable bonds is 4. The Hall–Kier alpha value is -3.14. The molecule has 0 radical (unpaired) electrons. The fraction of sp³-hybridized carbons (Fsp3) is 0.357. The topological polar surface area (TPSA) is 35.6 Å². The fourth-order valence-corrected chi connectivity index (χ4v) is 4.22. The molecule has 0 aliphatic carbocycles. The van der Waals surface area contributed by atoms with Crippen LogP contribution in [-0.4, -0.2) is 19.3 Å². The first-order chi connectivity index (χ1) is 15.2. The van der Waals surface area contributed by atoms with Crippen molar-refractivity contribution in [3.8, 4) is 22.5 Å². The zero-order chi connectivity index (χ0) is 23.4. The van der Waals surface area contributed by atoms with Crippen molar-refractivity contribution in [2.45, 2.75) is 53.4 Å². The second kappa shape index (κ2) is 9.99. The molecule has 4 nitrogen and oxygen atoms in total. The van der Waals surface area contributed by atoms with E-state index in [0.29, 0.717) is 11.8 Å². The predicted molar refractivity (Wildman–Crippen MR) is 135 cm³/mol. The van der Waals surface area contributed by atoms with E-state index in [1.54, 1.807) is 0 Å². The first kappa shape index (κ1) is 23.5. The third-order valence-electron chi connectivity index (χ3n) is 5.97. The zero-order valence-corrected chi connectivity index (χ0v) is 20.7. The number of hydrogen-bond donors (Lipinski definition) is 0. The van der Waals surface area contributed by atoms with Gasteiger partial charge >= 0.3 is 0 Å². The Labute approximate surface area is 193 Å². The van der Waals surface area contributed by atoms with Crippen LogP contribution in [0.15, 0.2) is 61.2 Å². The highest BCUT2D eigenvalue weighted by Crippen LogP contribution is 2.29. The minimum Gasteiger partial charge on any atom is -0.340 e. The van der Waals surface area contributed by atoms with Crippen LogP contribution in [0.3, 0.4) is 0 Å². The summed E-state index contributed by atoms with van der Waals surface area (Å²) in [6, 6.07) is 15.0. The Bertz CT molecular complexity index is 1080. The monoisotopic (exact) mass is 428 g/mol. The molecule has 0 saturated carbocycles. The number of benzene rings is 2. The smallest absolute Gasteiger partial charge is 0.0951 e. The van der Waals surface area contributed by atoms with Crippen molar-refractivity contribution in [1.82, 2.24) is 19.3 Å². The van der Waals surface area contributed by atoms with Gasteiger partial charge in [-0.1, -0.05) is 64.1 Å². The van der Waals surface area contributed by atoms with Crippen molar-refractivity contribution >= 4 is 0 Å². The van der Waals surface area contributed by atoms with Crippen LogP contribution in [0.4, 0.5) is 0 Å². The van der Waals surface area contributed by atoms with Crippen molar-refractivity contribution < 1.29 is 0 Å². The normalized spacial score (nSPS) is 11.1. The Kier molecular flexibility index (Phi) is 7.34. The van der Waals surface area contributed by atoms with Gasteiger partial charge in [-0.2, -0.15) is 5.10 Å². The van der Waals surface area contributed by atoms with Gasteiger partial charge in [0.25, 0.3) is 0 Å². The van der Waals surface area contributed by atoms with Gasteiger partial charge in [-0.05, 0) is 54.0 Å². The van der Waals surface area contributed by atoms with E-state index in [2.05, 4.69) is 100 Å². The van der Waals surface area contributed by atoms with E-state index < -0.39 is 0 Å². The zero-order valence-electron chi connectivity index (χ0n) is 20.7. The number of hydrogen-bond acceptors (Lipinski definition) is 2. The summed E-state index contributed by atoms with van der Waals surface area (Å²) in [5.41, 5.74) is 10.1. The van der Waals surface area contributed by atoms with Gasteiger partial charge in [-0.15, -0.1) is 0 Å². The summed E-state index contributed by atoms with van der Waals surface area (Å²) in [6.45, 7) is 13.3. The molecular formula is C28H36N4.